The second-order valence-electron chi connectivity index (χ2n) is 3.26. The van der Waals surface area contributed by atoms with Gasteiger partial charge in [0.1, 0.15) is 0 Å². The fourth-order valence-electron chi connectivity index (χ4n) is 1.05. The maximum absolute atomic E-state index is 10.9. The van der Waals surface area contributed by atoms with Crippen LogP contribution < -0.4 is 0 Å². The normalized spacial score (nSPS) is 9.54. The van der Waals surface area contributed by atoms with Crippen LogP contribution in [0.4, 0.5) is 0 Å². The fraction of sp³-hybridized carbons (Fsp3) is 0.700. The van der Waals surface area contributed by atoms with Crippen molar-refractivity contribution in [3.8, 4) is 0 Å². The third-order valence-electron chi connectivity index (χ3n) is 2.16. The van der Waals surface area contributed by atoms with Crippen LogP contribution in [-0.4, -0.2) is 42.4 Å². The SMILES string of the molecule is C=C(C)N(CC)CCN(C)C(C)=O. The van der Waals surface area contributed by atoms with Crippen molar-refractivity contribution in [2.75, 3.05) is 26.7 Å². The van der Waals surface area contributed by atoms with Crippen molar-refractivity contribution in [3.05, 3.63) is 12.3 Å². The molecule has 0 spiro atoms. The molecule has 0 N–H and O–H groups in total. The molecule has 0 aromatic carbocycles. The first-order valence-electron chi connectivity index (χ1n) is 4.61. The van der Waals surface area contributed by atoms with E-state index in [9.17, 15) is 4.79 Å². The molecule has 0 aromatic heterocycles. The number of hydrogen-bond acceptors (Lipinski definition) is 2. The highest BCUT2D eigenvalue weighted by Gasteiger charge is 2.05. The first-order chi connectivity index (χ1) is 5.99. The second-order valence-corrected chi connectivity index (χ2v) is 3.26. The third kappa shape index (κ3) is 4.55. The van der Waals surface area contributed by atoms with Gasteiger partial charge < -0.3 is 9.80 Å². The molecular weight excluding hydrogens is 164 g/mol. The van der Waals surface area contributed by atoms with Crippen molar-refractivity contribution in [3.63, 3.8) is 0 Å². The van der Waals surface area contributed by atoms with Gasteiger partial charge in [-0.25, -0.2) is 0 Å². The lowest BCUT2D eigenvalue weighted by Gasteiger charge is -2.25. The van der Waals surface area contributed by atoms with Gasteiger partial charge in [0.15, 0.2) is 0 Å². The van der Waals surface area contributed by atoms with E-state index in [-0.39, 0.29) is 5.91 Å². The van der Waals surface area contributed by atoms with Gasteiger partial charge in [-0.1, -0.05) is 6.58 Å². The maximum Gasteiger partial charge on any atom is 0.219 e. The van der Waals surface area contributed by atoms with E-state index in [0.717, 1.165) is 25.3 Å². The van der Waals surface area contributed by atoms with E-state index in [1.54, 1.807) is 11.8 Å². The van der Waals surface area contributed by atoms with Crippen molar-refractivity contribution >= 4 is 5.91 Å². The summed E-state index contributed by atoms with van der Waals surface area (Å²) in [5.74, 6) is 0.109. The second kappa shape index (κ2) is 5.62. The lowest BCUT2D eigenvalue weighted by molar-refractivity contribution is -0.127. The standard InChI is InChI=1S/C10H20N2O/c1-6-12(9(2)3)8-7-11(5)10(4)13/h2,6-8H2,1,3-5H3. The average Bonchev–Trinajstić information content (AvgIpc) is 2.04. The van der Waals surface area contributed by atoms with Crippen LogP contribution in [0.2, 0.25) is 0 Å². The zero-order valence-electron chi connectivity index (χ0n) is 9.13. The van der Waals surface area contributed by atoms with Gasteiger partial charge >= 0.3 is 0 Å². The molecule has 3 heteroatoms. The van der Waals surface area contributed by atoms with Crippen LogP contribution in [0, 0.1) is 0 Å². The molecule has 0 heterocycles. The van der Waals surface area contributed by atoms with Gasteiger partial charge in [0.2, 0.25) is 5.91 Å². The zero-order valence-corrected chi connectivity index (χ0v) is 9.13. The van der Waals surface area contributed by atoms with E-state index in [1.807, 2.05) is 14.0 Å². The molecule has 0 bridgehead atoms. The molecule has 13 heavy (non-hydrogen) atoms. The largest absolute Gasteiger partial charge is 0.374 e. The Kier molecular flexibility index (Phi) is 5.19. The molecule has 0 rings (SSSR count). The lowest BCUT2D eigenvalue weighted by atomic mass is 10.4. The summed E-state index contributed by atoms with van der Waals surface area (Å²) in [7, 11) is 1.81. The van der Waals surface area contributed by atoms with Crippen LogP contribution >= 0.6 is 0 Å². The molecular formula is C10H20N2O. The third-order valence-corrected chi connectivity index (χ3v) is 2.16. The molecule has 1 amide bonds. The molecule has 0 aliphatic heterocycles. The molecule has 0 unspecified atom stereocenters. The molecule has 0 radical (unpaired) electrons. The molecule has 0 saturated carbocycles. The van der Waals surface area contributed by atoms with Crippen LogP contribution in [-0.2, 0) is 4.79 Å². The summed E-state index contributed by atoms with van der Waals surface area (Å²) in [6.07, 6.45) is 0. The maximum atomic E-state index is 10.9. The molecule has 0 atom stereocenters. The summed E-state index contributed by atoms with van der Waals surface area (Å²) in [6, 6.07) is 0. The van der Waals surface area contributed by atoms with Crippen LogP contribution in [0.15, 0.2) is 12.3 Å². The quantitative estimate of drug-likeness (QED) is 0.643. The summed E-state index contributed by atoms with van der Waals surface area (Å²) < 4.78 is 0. The summed E-state index contributed by atoms with van der Waals surface area (Å²) in [4.78, 5) is 14.8. The van der Waals surface area contributed by atoms with E-state index in [0.29, 0.717) is 0 Å². The summed E-state index contributed by atoms with van der Waals surface area (Å²) in [6.45, 7) is 12.1. The average molecular weight is 184 g/mol. The van der Waals surface area contributed by atoms with Gasteiger partial charge in [0, 0.05) is 39.3 Å². The van der Waals surface area contributed by atoms with E-state index in [1.165, 1.54) is 0 Å². The molecule has 0 aromatic rings. The summed E-state index contributed by atoms with van der Waals surface area (Å²) in [5, 5.41) is 0. The van der Waals surface area contributed by atoms with Crippen LogP contribution in [0.1, 0.15) is 20.8 Å². The number of amides is 1. The minimum atomic E-state index is 0.109. The summed E-state index contributed by atoms with van der Waals surface area (Å²) in [5.41, 5.74) is 1.06. The Balaban J connectivity index is 3.85. The monoisotopic (exact) mass is 184 g/mol. The Labute approximate surface area is 81.0 Å². The van der Waals surface area contributed by atoms with Gasteiger partial charge in [-0.15, -0.1) is 0 Å². The summed E-state index contributed by atoms with van der Waals surface area (Å²) >= 11 is 0. The Morgan fingerprint density at radius 3 is 2.15 bits per heavy atom. The molecule has 0 aliphatic rings. The Bertz CT molecular complexity index is 189. The molecule has 0 fully saturated rings. The minimum absolute atomic E-state index is 0.109. The number of carbonyl (C=O) groups excluding carboxylic acids is 1. The number of allylic oxidation sites excluding steroid dienone is 1. The topological polar surface area (TPSA) is 23.6 Å². The number of rotatable bonds is 5. The van der Waals surface area contributed by atoms with Crippen molar-refractivity contribution < 1.29 is 4.79 Å². The van der Waals surface area contributed by atoms with Crippen molar-refractivity contribution in [1.82, 2.24) is 9.80 Å². The number of carbonyl (C=O) groups is 1. The predicted octanol–water partition coefficient (Wildman–Crippen LogP) is 1.32. The van der Waals surface area contributed by atoms with E-state index in [4.69, 9.17) is 0 Å². The molecule has 0 saturated heterocycles. The predicted molar refractivity (Wildman–Crippen MR) is 55.4 cm³/mol. The van der Waals surface area contributed by atoms with Crippen LogP contribution in [0.3, 0.4) is 0 Å². The zero-order chi connectivity index (χ0) is 10.4. The van der Waals surface area contributed by atoms with Gasteiger partial charge in [-0.2, -0.15) is 0 Å². The number of likely N-dealkylation sites (N-methyl/N-ethyl adjacent to an activating group) is 2. The van der Waals surface area contributed by atoms with Crippen molar-refractivity contribution in [1.29, 1.82) is 0 Å². The fourth-order valence-corrected chi connectivity index (χ4v) is 1.05. The van der Waals surface area contributed by atoms with Gasteiger partial charge in [0.05, 0.1) is 0 Å². The Morgan fingerprint density at radius 1 is 1.31 bits per heavy atom. The highest BCUT2D eigenvalue weighted by molar-refractivity contribution is 5.72. The van der Waals surface area contributed by atoms with Gasteiger partial charge in [0.25, 0.3) is 0 Å². The first kappa shape index (κ1) is 12.0. The van der Waals surface area contributed by atoms with E-state index in [2.05, 4.69) is 18.4 Å². The van der Waals surface area contributed by atoms with Crippen LogP contribution in [0.5, 0.6) is 0 Å². The first-order valence-corrected chi connectivity index (χ1v) is 4.61. The van der Waals surface area contributed by atoms with Gasteiger partial charge in [-0.3, -0.25) is 4.79 Å². The smallest absolute Gasteiger partial charge is 0.219 e. The molecule has 3 nitrogen and oxygen atoms in total. The van der Waals surface area contributed by atoms with E-state index < -0.39 is 0 Å². The Morgan fingerprint density at radius 2 is 1.85 bits per heavy atom. The molecule has 0 aliphatic carbocycles. The molecule has 76 valence electrons. The highest BCUT2D eigenvalue weighted by atomic mass is 16.2. The Hall–Kier alpha value is -0.990. The minimum Gasteiger partial charge on any atom is -0.374 e. The number of hydrogen-bond donors (Lipinski definition) is 0. The van der Waals surface area contributed by atoms with Crippen LogP contribution in [0.25, 0.3) is 0 Å². The van der Waals surface area contributed by atoms with Gasteiger partial charge in [-0.05, 0) is 13.8 Å². The van der Waals surface area contributed by atoms with Crippen molar-refractivity contribution in [2.45, 2.75) is 20.8 Å². The lowest BCUT2D eigenvalue weighted by Crippen LogP contribution is -2.34. The van der Waals surface area contributed by atoms with Crippen molar-refractivity contribution in [2.24, 2.45) is 0 Å². The number of nitrogens with zero attached hydrogens (tertiary/aromatic N) is 2. The highest BCUT2D eigenvalue weighted by Crippen LogP contribution is 1.99. The van der Waals surface area contributed by atoms with E-state index >= 15 is 0 Å².